The summed E-state index contributed by atoms with van der Waals surface area (Å²) < 4.78 is 0. The average molecular weight is 367 g/mol. The standard InChI is InChI=1S/C23H30N2O2/c1-2-3-6-13-24-23(27)20-11-14-25(15-12-20)22(26)17-18-9-10-19-7-4-5-8-21(19)16-18/h4-5,7-10,16,20H,2-3,6,11-15,17H2,1H3,(H,24,27). The van der Waals surface area contributed by atoms with Gasteiger partial charge in [0.05, 0.1) is 6.42 Å². The van der Waals surface area contributed by atoms with E-state index in [0.717, 1.165) is 44.2 Å². The molecule has 4 nitrogen and oxygen atoms in total. The quantitative estimate of drug-likeness (QED) is 0.755. The number of benzene rings is 2. The summed E-state index contributed by atoms with van der Waals surface area (Å²) in [7, 11) is 0. The highest BCUT2D eigenvalue weighted by atomic mass is 16.2. The molecule has 1 aliphatic heterocycles. The molecule has 0 aliphatic carbocycles. The van der Waals surface area contributed by atoms with Crippen LogP contribution in [0.2, 0.25) is 0 Å². The van der Waals surface area contributed by atoms with Gasteiger partial charge < -0.3 is 10.2 Å². The molecule has 0 spiro atoms. The van der Waals surface area contributed by atoms with Crippen LogP contribution in [0.15, 0.2) is 42.5 Å². The molecule has 144 valence electrons. The topological polar surface area (TPSA) is 49.4 Å². The lowest BCUT2D eigenvalue weighted by molar-refractivity contribution is -0.135. The van der Waals surface area contributed by atoms with Gasteiger partial charge in [-0.05, 0) is 35.6 Å². The second-order valence-electron chi connectivity index (χ2n) is 7.51. The van der Waals surface area contributed by atoms with Crippen LogP contribution < -0.4 is 5.32 Å². The highest BCUT2D eigenvalue weighted by molar-refractivity contribution is 5.85. The lowest BCUT2D eigenvalue weighted by Gasteiger charge is -2.31. The number of nitrogens with zero attached hydrogens (tertiary/aromatic N) is 1. The summed E-state index contributed by atoms with van der Waals surface area (Å²) in [5, 5.41) is 5.41. The molecule has 2 aromatic carbocycles. The zero-order valence-corrected chi connectivity index (χ0v) is 16.2. The fourth-order valence-corrected chi connectivity index (χ4v) is 3.76. The van der Waals surface area contributed by atoms with Crippen molar-refractivity contribution in [2.75, 3.05) is 19.6 Å². The van der Waals surface area contributed by atoms with Crippen molar-refractivity contribution in [3.63, 3.8) is 0 Å². The summed E-state index contributed by atoms with van der Waals surface area (Å²) in [5.74, 6) is 0.371. The Morgan fingerprint density at radius 2 is 1.78 bits per heavy atom. The smallest absolute Gasteiger partial charge is 0.226 e. The van der Waals surface area contributed by atoms with Crippen LogP contribution in [-0.4, -0.2) is 36.3 Å². The monoisotopic (exact) mass is 366 g/mol. The van der Waals surface area contributed by atoms with Crippen LogP contribution in [0.4, 0.5) is 0 Å². The molecule has 3 rings (SSSR count). The third-order valence-electron chi connectivity index (χ3n) is 5.47. The second-order valence-corrected chi connectivity index (χ2v) is 7.51. The normalized spacial score (nSPS) is 15.1. The number of rotatable bonds is 7. The van der Waals surface area contributed by atoms with Crippen molar-refractivity contribution in [2.45, 2.75) is 45.4 Å². The number of likely N-dealkylation sites (tertiary alicyclic amines) is 1. The Balaban J connectivity index is 1.47. The first-order valence-electron chi connectivity index (χ1n) is 10.2. The summed E-state index contributed by atoms with van der Waals surface area (Å²) >= 11 is 0. The minimum atomic E-state index is 0.0522. The summed E-state index contributed by atoms with van der Waals surface area (Å²) in [6, 6.07) is 14.4. The fraction of sp³-hybridized carbons (Fsp3) is 0.478. The Bertz CT molecular complexity index is 779. The van der Waals surface area contributed by atoms with Gasteiger partial charge in [-0.3, -0.25) is 9.59 Å². The number of piperidine rings is 1. The van der Waals surface area contributed by atoms with Crippen LogP contribution in [0.3, 0.4) is 0 Å². The van der Waals surface area contributed by atoms with Crippen molar-refractivity contribution >= 4 is 22.6 Å². The maximum absolute atomic E-state index is 12.6. The van der Waals surface area contributed by atoms with Gasteiger partial charge in [0.25, 0.3) is 0 Å². The largest absolute Gasteiger partial charge is 0.356 e. The molecule has 0 unspecified atom stereocenters. The van der Waals surface area contributed by atoms with E-state index in [0.29, 0.717) is 19.5 Å². The van der Waals surface area contributed by atoms with Gasteiger partial charge in [-0.25, -0.2) is 0 Å². The van der Waals surface area contributed by atoms with Crippen LogP contribution in [-0.2, 0) is 16.0 Å². The maximum Gasteiger partial charge on any atom is 0.226 e. The van der Waals surface area contributed by atoms with Crippen LogP contribution in [0.25, 0.3) is 10.8 Å². The number of carbonyl (C=O) groups excluding carboxylic acids is 2. The van der Waals surface area contributed by atoms with Gasteiger partial charge in [-0.1, -0.05) is 62.2 Å². The van der Waals surface area contributed by atoms with Gasteiger partial charge in [0, 0.05) is 25.6 Å². The predicted molar refractivity (Wildman–Crippen MR) is 109 cm³/mol. The third kappa shape index (κ3) is 5.31. The number of amides is 2. The summed E-state index contributed by atoms with van der Waals surface area (Å²) in [5.41, 5.74) is 1.05. The Morgan fingerprint density at radius 1 is 1.04 bits per heavy atom. The molecule has 1 fully saturated rings. The SMILES string of the molecule is CCCCCNC(=O)C1CCN(C(=O)Cc2ccc3ccccc3c2)CC1. The lowest BCUT2D eigenvalue weighted by atomic mass is 9.95. The highest BCUT2D eigenvalue weighted by Crippen LogP contribution is 2.20. The first-order valence-corrected chi connectivity index (χ1v) is 10.2. The second kappa shape index (κ2) is 9.54. The van der Waals surface area contributed by atoms with Crippen LogP contribution in [0.5, 0.6) is 0 Å². The van der Waals surface area contributed by atoms with Gasteiger partial charge in [-0.2, -0.15) is 0 Å². The van der Waals surface area contributed by atoms with Crippen molar-refractivity contribution in [3.05, 3.63) is 48.0 Å². The van der Waals surface area contributed by atoms with E-state index in [2.05, 4.69) is 36.5 Å². The van der Waals surface area contributed by atoms with Crippen molar-refractivity contribution in [1.82, 2.24) is 10.2 Å². The number of carbonyl (C=O) groups is 2. The van der Waals surface area contributed by atoms with Crippen molar-refractivity contribution in [1.29, 1.82) is 0 Å². The third-order valence-corrected chi connectivity index (χ3v) is 5.47. The molecule has 1 N–H and O–H groups in total. The molecule has 1 heterocycles. The van der Waals surface area contributed by atoms with E-state index in [1.807, 2.05) is 23.1 Å². The first-order chi connectivity index (χ1) is 13.2. The van der Waals surface area contributed by atoms with Crippen LogP contribution >= 0.6 is 0 Å². The molecular formula is C23H30N2O2. The highest BCUT2D eigenvalue weighted by Gasteiger charge is 2.27. The van der Waals surface area contributed by atoms with E-state index in [9.17, 15) is 9.59 Å². The molecule has 0 saturated carbocycles. The van der Waals surface area contributed by atoms with E-state index in [-0.39, 0.29) is 17.7 Å². The van der Waals surface area contributed by atoms with Crippen molar-refractivity contribution in [2.24, 2.45) is 5.92 Å². The minimum absolute atomic E-state index is 0.0522. The summed E-state index contributed by atoms with van der Waals surface area (Å²) in [6.45, 7) is 4.29. The predicted octanol–water partition coefficient (Wildman–Crippen LogP) is 3.93. The minimum Gasteiger partial charge on any atom is -0.356 e. The Hall–Kier alpha value is -2.36. The van der Waals surface area contributed by atoms with E-state index in [4.69, 9.17) is 0 Å². The molecule has 2 aromatic rings. The van der Waals surface area contributed by atoms with Gasteiger partial charge in [0.2, 0.25) is 11.8 Å². The van der Waals surface area contributed by atoms with Crippen LogP contribution in [0, 0.1) is 5.92 Å². The summed E-state index contributed by atoms with van der Waals surface area (Å²) in [6.07, 6.45) is 5.33. The van der Waals surface area contributed by atoms with Crippen LogP contribution in [0.1, 0.15) is 44.6 Å². The molecule has 0 bridgehead atoms. The number of fused-ring (bicyclic) bond motifs is 1. The number of nitrogens with one attached hydrogen (secondary N) is 1. The Labute approximate surface area is 161 Å². The summed E-state index contributed by atoms with van der Waals surface area (Å²) in [4.78, 5) is 26.8. The molecule has 2 amide bonds. The van der Waals surface area contributed by atoms with E-state index in [1.165, 1.54) is 10.8 Å². The van der Waals surface area contributed by atoms with Crippen molar-refractivity contribution < 1.29 is 9.59 Å². The Morgan fingerprint density at radius 3 is 2.52 bits per heavy atom. The van der Waals surface area contributed by atoms with E-state index in [1.54, 1.807) is 0 Å². The first kappa shape index (κ1) is 19.4. The molecule has 1 saturated heterocycles. The fourth-order valence-electron chi connectivity index (χ4n) is 3.76. The zero-order chi connectivity index (χ0) is 19.1. The van der Waals surface area contributed by atoms with E-state index >= 15 is 0 Å². The molecule has 0 atom stereocenters. The molecule has 27 heavy (non-hydrogen) atoms. The molecular weight excluding hydrogens is 336 g/mol. The molecule has 4 heteroatoms. The maximum atomic E-state index is 12.6. The van der Waals surface area contributed by atoms with Gasteiger partial charge >= 0.3 is 0 Å². The number of unbranched alkanes of at least 4 members (excludes halogenated alkanes) is 2. The van der Waals surface area contributed by atoms with Gasteiger partial charge in [0.1, 0.15) is 0 Å². The molecule has 0 aromatic heterocycles. The van der Waals surface area contributed by atoms with Gasteiger partial charge in [0.15, 0.2) is 0 Å². The van der Waals surface area contributed by atoms with Crippen molar-refractivity contribution in [3.8, 4) is 0 Å². The Kier molecular flexibility index (Phi) is 6.86. The molecule has 0 radical (unpaired) electrons. The lowest BCUT2D eigenvalue weighted by Crippen LogP contribution is -2.43. The van der Waals surface area contributed by atoms with E-state index < -0.39 is 0 Å². The molecule has 1 aliphatic rings. The zero-order valence-electron chi connectivity index (χ0n) is 16.2. The average Bonchev–Trinajstić information content (AvgIpc) is 2.71. The number of hydrogen-bond donors (Lipinski definition) is 1. The van der Waals surface area contributed by atoms with Gasteiger partial charge in [-0.15, -0.1) is 0 Å². The number of hydrogen-bond acceptors (Lipinski definition) is 2.